The number of carboxylic acids is 2. The minimum atomic E-state index is -1.11. The largest absolute Gasteiger partial charge is 0.494 e. The number of carbonyl (C=O) groups is 6. The van der Waals surface area contributed by atoms with Crippen LogP contribution in [0, 0.1) is 5.92 Å². The summed E-state index contributed by atoms with van der Waals surface area (Å²) >= 11 is 0. The highest BCUT2D eigenvalue weighted by molar-refractivity contribution is 5.87. The van der Waals surface area contributed by atoms with Gasteiger partial charge in [0, 0.05) is 45.4 Å². The highest BCUT2D eigenvalue weighted by Crippen LogP contribution is 2.15. The van der Waals surface area contributed by atoms with Crippen molar-refractivity contribution in [3.05, 3.63) is 29.8 Å². The third kappa shape index (κ3) is 29.4. The van der Waals surface area contributed by atoms with E-state index in [9.17, 15) is 33.9 Å². The molecule has 1 atom stereocenters. The Hall–Kier alpha value is -3.92. The summed E-state index contributed by atoms with van der Waals surface area (Å²) in [5.41, 5.74) is 0.240. The van der Waals surface area contributed by atoms with Crippen LogP contribution in [-0.2, 0) is 42.9 Å². The van der Waals surface area contributed by atoms with Gasteiger partial charge >= 0.3 is 11.9 Å². The van der Waals surface area contributed by atoms with Crippen molar-refractivity contribution >= 4 is 35.3 Å². The molecule has 0 aromatic heterocycles. The SMILES string of the molecule is CCCCCNC(=O)CC[C@H](CC(=O)COCCOCCCC(=O)COCCOCCNC(=O)CCCCCCCCCOc1ccc(C(=O)O)cc1)C(=O)O. The van der Waals surface area contributed by atoms with Crippen molar-refractivity contribution < 1.29 is 62.7 Å². The van der Waals surface area contributed by atoms with Gasteiger partial charge < -0.3 is 44.5 Å². The van der Waals surface area contributed by atoms with E-state index in [2.05, 4.69) is 17.6 Å². The highest BCUT2D eigenvalue weighted by atomic mass is 16.5. The van der Waals surface area contributed by atoms with Crippen LogP contribution < -0.4 is 15.4 Å². The number of aromatic carboxylic acids is 1. The number of hydrogen-bond acceptors (Lipinski definition) is 11. The van der Waals surface area contributed by atoms with Crippen LogP contribution >= 0.6 is 0 Å². The van der Waals surface area contributed by atoms with Gasteiger partial charge in [-0.2, -0.15) is 0 Å². The van der Waals surface area contributed by atoms with Crippen LogP contribution in [0.1, 0.15) is 120 Å². The smallest absolute Gasteiger partial charge is 0.335 e. The first kappa shape index (κ1) is 50.1. The molecule has 1 aromatic rings. The molecule has 1 aromatic carbocycles. The summed E-state index contributed by atoms with van der Waals surface area (Å²) in [6.07, 6.45) is 11.3. The fraction of sp³-hybridized carbons (Fsp3) is 0.707. The van der Waals surface area contributed by atoms with E-state index < -0.39 is 17.9 Å². The van der Waals surface area contributed by atoms with Crippen LogP contribution in [0.25, 0.3) is 0 Å². The molecule has 15 nitrogen and oxygen atoms in total. The summed E-state index contributed by atoms with van der Waals surface area (Å²) in [4.78, 5) is 70.5. The molecule has 0 aliphatic rings. The van der Waals surface area contributed by atoms with Crippen molar-refractivity contribution in [1.82, 2.24) is 10.6 Å². The molecule has 4 N–H and O–H groups in total. The zero-order chi connectivity index (χ0) is 41.1. The van der Waals surface area contributed by atoms with Crippen molar-refractivity contribution in [2.24, 2.45) is 5.92 Å². The van der Waals surface area contributed by atoms with E-state index in [4.69, 9.17) is 28.8 Å². The Morgan fingerprint density at radius 2 is 1.16 bits per heavy atom. The fourth-order valence-corrected chi connectivity index (χ4v) is 5.40. The molecule has 15 heteroatoms. The first-order valence-electron chi connectivity index (χ1n) is 20.2. The predicted molar refractivity (Wildman–Crippen MR) is 209 cm³/mol. The molecule has 0 radical (unpaired) electrons. The number of nitrogens with one attached hydrogen (secondary N) is 2. The Labute approximate surface area is 331 Å². The molecule has 0 bridgehead atoms. The molecule has 0 saturated heterocycles. The van der Waals surface area contributed by atoms with E-state index >= 15 is 0 Å². The fourth-order valence-electron chi connectivity index (χ4n) is 5.40. The molecule has 2 amide bonds. The van der Waals surface area contributed by atoms with E-state index in [0.717, 1.165) is 64.2 Å². The molecule has 56 heavy (non-hydrogen) atoms. The number of Topliss-reactive ketones (excluding diaryl/α,β-unsaturated/α-hetero) is 2. The topological polar surface area (TPSA) is 213 Å². The molecule has 1 rings (SSSR count). The molecule has 0 unspecified atom stereocenters. The van der Waals surface area contributed by atoms with Crippen LogP contribution in [0.4, 0.5) is 0 Å². The van der Waals surface area contributed by atoms with E-state index in [1.165, 1.54) is 12.1 Å². The average molecular weight is 795 g/mol. The average Bonchev–Trinajstić information content (AvgIpc) is 3.17. The summed E-state index contributed by atoms with van der Waals surface area (Å²) in [6, 6.07) is 6.40. The number of unbranched alkanes of at least 4 members (excludes halogenated alkanes) is 8. The van der Waals surface area contributed by atoms with Crippen molar-refractivity contribution in [1.29, 1.82) is 0 Å². The highest BCUT2D eigenvalue weighted by Gasteiger charge is 2.22. The third-order valence-corrected chi connectivity index (χ3v) is 8.65. The zero-order valence-electron chi connectivity index (χ0n) is 33.4. The summed E-state index contributed by atoms with van der Waals surface area (Å²) in [5.74, 6) is -2.94. The minimum absolute atomic E-state index is 0.00425. The summed E-state index contributed by atoms with van der Waals surface area (Å²) in [7, 11) is 0. The number of hydrogen-bond donors (Lipinski definition) is 4. The lowest BCUT2D eigenvalue weighted by molar-refractivity contribution is -0.144. The molecular formula is C41H66N2O13. The number of aliphatic carboxylic acids is 1. The lowest BCUT2D eigenvalue weighted by Crippen LogP contribution is -2.27. The van der Waals surface area contributed by atoms with E-state index in [1.807, 2.05) is 0 Å². The number of rotatable bonds is 39. The lowest BCUT2D eigenvalue weighted by Gasteiger charge is -2.12. The van der Waals surface area contributed by atoms with Gasteiger partial charge in [0.15, 0.2) is 11.6 Å². The van der Waals surface area contributed by atoms with Gasteiger partial charge in [-0.25, -0.2) is 4.79 Å². The molecule has 0 saturated carbocycles. The third-order valence-electron chi connectivity index (χ3n) is 8.65. The number of carboxylic acid groups (broad SMARTS) is 2. The van der Waals surface area contributed by atoms with Crippen molar-refractivity contribution in [3.8, 4) is 5.75 Å². The van der Waals surface area contributed by atoms with Gasteiger partial charge in [0.25, 0.3) is 0 Å². The standard InChI is InChI=1S/C41H66N2O13/c1-2-3-10-21-42-39(47)20-17-34(41(50)51)30-36(45)32-55-28-26-52-23-12-13-35(44)31-54-29-27-53-25-22-43-38(46)14-9-7-5-4-6-8-11-24-56-37-18-15-33(16-19-37)40(48)49/h15-16,18-19,34H,2-14,17,20-32H2,1H3,(H,42,47)(H,43,46)(H,48,49)(H,50,51)/t34-/m1/s1. The molecular weight excluding hydrogens is 728 g/mol. The molecule has 0 fully saturated rings. The van der Waals surface area contributed by atoms with Crippen molar-refractivity contribution in [2.75, 3.05) is 72.6 Å². The van der Waals surface area contributed by atoms with Gasteiger partial charge in [-0.1, -0.05) is 51.9 Å². The van der Waals surface area contributed by atoms with Crippen LogP contribution in [-0.4, -0.2) is 118 Å². The second kappa shape index (κ2) is 34.3. The first-order chi connectivity index (χ1) is 27.1. The number of ketones is 2. The van der Waals surface area contributed by atoms with E-state index in [1.54, 1.807) is 12.1 Å². The lowest BCUT2D eigenvalue weighted by atomic mass is 9.97. The van der Waals surface area contributed by atoms with Crippen LogP contribution in [0.15, 0.2) is 24.3 Å². The molecule has 0 aliphatic heterocycles. The number of benzene rings is 1. The van der Waals surface area contributed by atoms with Crippen molar-refractivity contribution in [2.45, 2.75) is 110 Å². The summed E-state index contributed by atoms with van der Waals surface area (Å²) < 4.78 is 27.2. The van der Waals surface area contributed by atoms with Gasteiger partial charge in [-0.3, -0.25) is 24.0 Å². The van der Waals surface area contributed by atoms with E-state index in [-0.39, 0.29) is 81.2 Å². The van der Waals surface area contributed by atoms with Gasteiger partial charge in [-0.15, -0.1) is 0 Å². The predicted octanol–water partition coefficient (Wildman–Crippen LogP) is 5.16. The Morgan fingerprint density at radius 1 is 0.571 bits per heavy atom. The Bertz CT molecular complexity index is 1240. The molecule has 0 spiro atoms. The maximum atomic E-state index is 12.2. The van der Waals surface area contributed by atoms with Crippen molar-refractivity contribution in [3.63, 3.8) is 0 Å². The quantitative estimate of drug-likeness (QED) is 0.0635. The maximum Gasteiger partial charge on any atom is 0.335 e. The monoisotopic (exact) mass is 794 g/mol. The summed E-state index contributed by atoms with van der Waals surface area (Å²) in [5, 5.41) is 23.9. The Morgan fingerprint density at radius 3 is 1.82 bits per heavy atom. The van der Waals surface area contributed by atoms with Gasteiger partial charge in [0.1, 0.15) is 19.0 Å². The summed E-state index contributed by atoms with van der Waals surface area (Å²) in [6.45, 7) is 5.06. The molecule has 0 heterocycles. The Kier molecular flexibility index (Phi) is 30.7. The van der Waals surface area contributed by atoms with Gasteiger partial charge in [-0.05, 0) is 56.4 Å². The van der Waals surface area contributed by atoms with Crippen LogP contribution in [0.5, 0.6) is 5.75 Å². The first-order valence-corrected chi connectivity index (χ1v) is 20.2. The Balaban J connectivity index is 1.86. The molecule has 318 valence electrons. The minimum Gasteiger partial charge on any atom is -0.494 e. The number of amides is 2. The number of carbonyl (C=O) groups excluding carboxylic acids is 4. The maximum absolute atomic E-state index is 12.2. The van der Waals surface area contributed by atoms with Crippen LogP contribution in [0.3, 0.4) is 0 Å². The second-order valence-electron chi connectivity index (χ2n) is 13.6. The van der Waals surface area contributed by atoms with E-state index in [0.29, 0.717) is 64.5 Å². The second-order valence-corrected chi connectivity index (χ2v) is 13.6. The zero-order valence-corrected chi connectivity index (χ0v) is 33.4. The van der Waals surface area contributed by atoms with Crippen LogP contribution in [0.2, 0.25) is 0 Å². The number of ether oxygens (including phenoxy) is 5. The van der Waals surface area contributed by atoms with Gasteiger partial charge in [0.2, 0.25) is 11.8 Å². The molecule has 0 aliphatic carbocycles. The normalized spacial score (nSPS) is 11.5. The van der Waals surface area contributed by atoms with Gasteiger partial charge in [0.05, 0.1) is 51.1 Å².